The SMILES string of the molecule is CCNCCCCCOc1ccc(F)cc1F. The first kappa shape index (κ1) is 13.9. The molecule has 17 heavy (non-hydrogen) atoms. The summed E-state index contributed by atoms with van der Waals surface area (Å²) < 4.78 is 31.0. The van der Waals surface area contributed by atoms with Gasteiger partial charge in [0.25, 0.3) is 0 Å². The number of rotatable bonds is 8. The van der Waals surface area contributed by atoms with Crippen molar-refractivity contribution in [3.8, 4) is 5.75 Å². The van der Waals surface area contributed by atoms with Crippen molar-refractivity contribution in [3.63, 3.8) is 0 Å². The zero-order chi connectivity index (χ0) is 12.5. The quantitative estimate of drug-likeness (QED) is 0.708. The molecule has 0 amide bonds. The molecular formula is C13H19F2NO. The van der Waals surface area contributed by atoms with Crippen LogP contribution in [0.4, 0.5) is 8.78 Å². The number of ether oxygens (including phenoxy) is 1. The Labute approximate surface area is 101 Å². The molecule has 0 spiro atoms. The summed E-state index contributed by atoms with van der Waals surface area (Å²) in [5, 5.41) is 3.23. The van der Waals surface area contributed by atoms with Crippen molar-refractivity contribution in [2.45, 2.75) is 26.2 Å². The summed E-state index contributed by atoms with van der Waals surface area (Å²) in [6.45, 7) is 4.52. The van der Waals surface area contributed by atoms with Crippen LogP contribution in [0.2, 0.25) is 0 Å². The monoisotopic (exact) mass is 243 g/mol. The van der Waals surface area contributed by atoms with Crippen LogP contribution in [-0.4, -0.2) is 19.7 Å². The highest BCUT2D eigenvalue weighted by Crippen LogP contribution is 2.17. The summed E-state index contributed by atoms with van der Waals surface area (Å²) in [5.41, 5.74) is 0. The van der Waals surface area contributed by atoms with Gasteiger partial charge in [-0.3, -0.25) is 0 Å². The Kier molecular flexibility index (Phi) is 6.55. The highest BCUT2D eigenvalue weighted by Gasteiger charge is 2.03. The second kappa shape index (κ2) is 8.01. The fraction of sp³-hybridized carbons (Fsp3) is 0.538. The number of unbranched alkanes of at least 4 members (excludes halogenated alkanes) is 2. The number of hydrogen-bond acceptors (Lipinski definition) is 2. The molecule has 2 nitrogen and oxygen atoms in total. The second-order valence-electron chi connectivity index (χ2n) is 3.84. The van der Waals surface area contributed by atoms with Crippen LogP contribution < -0.4 is 10.1 Å². The molecule has 1 aromatic rings. The van der Waals surface area contributed by atoms with Crippen molar-refractivity contribution in [2.24, 2.45) is 0 Å². The average molecular weight is 243 g/mol. The van der Waals surface area contributed by atoms with Gasteiger partial charge in [0.15, 0.2) is 11.6 Å². The normalized spacial score (nSPS) is 10.5. The molecule has 0 aromatic heterocycles. The highest BCUT2D eigenvalue weighted by molar-refractivity contribution is 5.24. The molecule has 0 heterocycles. The third kappa shape index (κ3) is 5.63. The number of halogens is 2. The van der Waals surface area contributed by atoms with Crippen molar-refractivity contribution >= 4 is 0 Å². The van der Waals surface area contributed by atoms with Gasteiger partial charge in [-0.15, -0.1) is 0 Å². The Balaban J connectivity index is 2.14. The van der Waals surface area contributed by atoms with Crippen LogP contribution in [-0.2, 0) is 0 Å². The van der Waals surface area contributed by atoms with Gasteiger partial charge < -0.3 is 10.1 Å². The fourth-order valence-corrected chi connectivity index (χ4v) is 1.48. The van der Waals surface area contributed by atoms with E-state index in [2.05, 4.69) is 12.2 Å². The van der Waals surface area contributed by atoms with Crippen molar-refractivity contribution < 1.29 is 13.5 Å². The molecule has 1 N–H and O–H groups in total. The molecule has 0 bridgehead atoms. The van der Waals surface area contributed by atoms with Gasteiger partial charge in [-0.2, -0.15) is 0 Å². The molecule has 0 unspecified atom stereocenters. The number of hydrogen-bond donors (Lipinski definition) is 1. The summed E-state index contributed by atoms with van der Waals surface area (Å²) in [7, 11) is 0. The lowest BCUT2D eigenvalue weighted by Crippen LogP contribution is -2.14. The third-order valence-corrected chi connectivity index (χ3v) is 2.40. The minimum atomic E-state index is -0.641. The van der Waals surface area contributed by atoms with E-state index in [0.29, 0.717) is 6.61 Å². The first-order valence-electron chi connectivity index (χ1n) is 6.02. The Morgan fingerprint density at radius 3 is 2.71 bits per heavy atom. The Hall–Kier alpha value is -1.16. The standard InChI is InChI=1S/C13H19F2NO/c1-2-16-8-4-3-5-9-17-13-7-6-11(14)10-12(13)15/h6-7,10,16H,2-5,8-9H2,1H3. The lowest BCUT2D eigenvalue weighted by molar-refractivity contribution is 0.289. The van der Waals surface area contributed by atoms with Gasteiger partial charge in [0.1, 0.15) is 5.82 Å². The summed E-state index contributed by atoms with van der Waals surface area (Å²) >= 11 is 0. The van der Waals surface area contributed by atoms with Crippen LogP contribution in [0.1, 0.15) is 26.2 Å². The molecule has 1 aromatic carbocycles. The average Bonchev–Trinajstić information content (AvgIpc) is 2.30. The Morgan fingerprint density at radius 1 is 1.18 bits per heavy atom. The van der Waals surface area contributed by atoms with Crippen LogP contribution in [0.5, 0.6) is 5.75 Å². The van der Waals surface area contributed by atoms with E-state index in [1.807, 2.05) is 0 Å². The van der Waals surface area contributed by atoms with Crippen LogP contribution in [0.15, 0.2) is 18.2 Å². The topological polar surface area (TPSA) is 21.3 Å². The van der Waals surface area contributed by atoms with Crippen molar-refractivity contribution in [2.75, 3.05) is 19.7 Å². The third-order valence-electron chi connectivity index (χ3n) is 2.40. The van der Waals surface area contributed by atoms with Crippen molar-refractivity contribution in [1.29, 1.82) is 0 Å². The number of nitrogens with one attached hydrogen (secondary N) is 1. The zero-order valence-electron chi connectivity index (χ0n) is 10.1. The van der Waals surface area contributed by atoms with Crippen LogP contribution >= 0.6 is 0 Å². The summed E-state index contributed by atoms with van der Waals surface area (Å²) in [6, 6.07) is 3.35. The molecule has 0 saturated heterocycles. The first-order chi connectivity index (χ1) is 8.24. The van der Waals surface area contributed by atoms with Gasteiger partial charge in [-0.25, -0.2) is 8.78 Å². The van der Waals surface area contributed by atoms with E-state index in [1.54, 1.807) is 0 Å². The Morgan fingerprint density at radius 2 is 2.00 bits per heavy atom. The van der Waals surface area contributed by atoms with Gasteiger partial charge in [0, 0.05) is 6.07 Å². The van der Waals surface area contributed by atoms with Gasteiger partial charge in [0.2, 0.25) is 0 Å². The summed E-state index contributed by atoms with van der Waals surface area (Å²) in [5.74, 6) is -1.10. The maximum atomic E-state index is 13.2. The minimum Gasteiger partial charge on any atom is -0.491 e. The van der Waals surface area contributed by atoms with Gasteiger partial charge in [0.05, 0.1) is 6.61 Å². The molecule has 0 atom stereocenters. The smallest absolute Gasteiger partial charge is 0.167 e. The number of benzene rings is 1. The molecule has 0 saturated carbocycles. The molecule has 0 aliphatic rings. The molecule has 0 aliphatic carbocycles. The van der Waals surface area contributed by atoms with E-state index in [4.69, 9.17) is 4.74 Å². The molecule has 0 fully saturated rings. The maximum absolute atomic E-state index is 13.2. The predicted octanol–water partition coefficient (Wildman–Crippen LogP) is 3.12. The fourth-order valence-electron chi connectivity index (χ4n) is 1.48. The van der Waals surface area contributed by atoms with Crippen molar-refractivity contribution in [3.05, 3.63) is 29.8 Å². The molecule has 4 heteroatoms. The second-order valence-corrected chi connectivity index (χ2v) is 3.84. The largest absolute Gasteiger partial charge is 0.491 e. The molecule has 0 aliphatic heterocycles. The van der Waals surface area contributed by atoms with E-state index in [-0.39, 0.29) is 5.75 Å². The molecule has 96 valence electrons. The minimum absolute atomic E-state index is 0.123. The lowest BCUT2D eigenvalue weighted by Gasteiger charge is -2.07. The van der Waals surface area contributed by atoms with E-state index in [0.717, 1.165) is 38.4 Å². The highest BCUT2D eigenvalue weighted by atomic mass is 19.1. The van der Waals surface area contributed by atoms with Crippen LogP contribution in [0.3, 0.4) is 0 Å². The summed E-state index contributed by atoms with van der Waals surface area (Å²) in [6.07, 6.45) is 3.00. The first-order valence-corrected chi connectivity index (χ1v) is 6.02. The van der Waals surface area contributed by atoms with E-state index in [1.165, 1.54) is 12.1 Å². The molecule has 1 rings (SSSR count). The maximum Gasteiger partial charge on any atom is 0.167 e. The van der Waals surface area contributed by atoms with Crippen LogP contribution in [0.25, 0.3) is 0 Å². The van der Waals surface area contributed by atoms with Gasteiger partial charge in [-0.1, -0.05) is 6.92 Å². The van der Waals surface area contributed by atoms with Crippen LogP contribution in [0, 0.1) is 11.6 Å². The van der Waals surface area contributed by atoms with Crippen molar-refractivity contribution in [1.82, 2.24) is 5.32 Å². The van der Waals surface area contributed by atoms with E-state index >= 15 is 0 Å². The Bertz CT molecular complexity index is 331. The van der Waals surface area contributed by atoms with E-state index < -0.39 is 11.6 Å². The predicted molar refractivity (Wildman–Crippen MR) is 64.2 cm³/mol. The van der Waals surface area contributed by atoms with Gasteiger partial charge >= 0.3 is 0 Å². The molecular weight excluding hydrogens is 224 g/mol. The lowest BCUT2D eigenvalue weighted by atomic mass is 10.2. The van der Waals surface area contributed by atoms with Gasteiger partial charge in [-0.05, 0) is 44.5 Å². The van der Waals surface area contributed by atoms with E-state index in [9.17, 15) is 8.78 Å². The molecule has 0 radical (unpaired) electrons. The zero-order valence-corrected chi connectivity index (χ0v) is 10.1. The summed E-state index contributed by atoms with van der Waals surface area (Å²) in [4.78, 5) is 0.